The number of hydrogen-bond donors (Lipinski definition) is 0. The number of methoxy groups -OCH3 is 1. The molecule has 1 aromatic carbocycles. The van der Waals surface area contributed by atoms with Crippen LogP contribution in [-0.4, -0.2) is 56.1 Å². The summed E-state index contributed by atoms with van der Waals surface area (Å²) in [6, 6.07) is 4.08. The van der Waals surface area contributed by atoms with E-state index >= 15 is 0 Å². The lowest BCUT2D eigenvalue weighted by molar-refractivity contribution is -0.155. The van der Waals surface area contributed by atoms with Crippen LogP contribution in [-0.2, 0) is 39.5 Å². The smallest absolute Gasteiger partial charge is 0.417 e. The zero-order chi connectivity index (χ0) is 25.8. The third-order valence-corrected chi connectivity index (χ3v) is 6.53. The predicted molar refractivity (Wildman–Crippen MR) is 110 cm³/mol. The van der Waals surface area contributed by atoms with Crippen LogP contribution in [0.3, 0.4) is 0 Å². The van der Waals surface area contributed by atoms with Gasteiger partial charge in [-0.25, -0.2) is 9.69 Å². The molecule has 0 N–H and O–H groups in total. The number of nitrogens with zero attached hydrogens (tertiary/aromatic N) is 2. The van der Waals surface area contributed by atoms with Gasteiger partial charge in [0.2, 0.25) is 11.8 Å². The van der Waals surface area contributed by atoms with E-state index in [9.17, 15) is 27.6 Å². The first-order chi connectivity index (χ1) is 16.4. The minimum atomic E-state index is -4.87. The van der Waals surface area contributed by atoms with Crippen LogP contribution in [0.25, 0.3) is 0 Å². The van der Waals surface area contributed by atoms with E-state index in [1.807, 2.05) is 0 Å². The first-order valence-electron chi connectivity index (χ1n) is 10.6. The maximum absolute atomic E-state index is 13.5. The lowest BCUT2D eigenvalue weighted by Crippen LogP contribution is -2.43. The number of imide groups is 1. The second-order valence-corrected chi connectivity index (χ2v) is 8.71. The molecule has 0 spiro atoms. The zero-order valence-corrected chi connectivity index (χ0v) is 19.0. The fraction of sp³-hybridized carbons (Fsp3) is 0.478. The minimum absolute atomic E-state index is 0.0235. The molecule has 186 valence electrons. The molecule has 2 fully saturated rings. The van der Waals surface area contributed by atoms with Crippen LogP contribution in [0.5, 0.6) is 0 Å². The molecule has 3 heterocycles. The normalized spacial score (nSPS) is 29.3. The van der Waals surface area contributed by atoms with Gasteiger partial charge in [-0.2, -0.15) is 18.4 Å². The van der Waals surface area contributed by atoms with E-state index < -0.39 is 58.1 Å². The number of ether oxygens (including phenoxy) is 4. The Hall–Kier alpha value is -3.27. The molecule has 0 radical (unpaired) electrons. The average Bonchev–Trinajstić information content (AvgIpc) is 3.33. The third-order valence-electron chi connectivity index (χ3n) is 6.53. The lowest BCUT2D eigenvalue weighted by atomic mass is 9.69. The Labute approximate surface area is 198 Å². The van der Waals surface area contributed by atoms with Crippen molar-refractivity contribution in [1.82, 2.24) is 0 Å². The second-order valence-electron chi connectivity index (χ2n) is 8.71. The zero-order valence-electron chi connectivity index (χ0n) is 19.0. The number of amides is 2. The highest BCUT2D eigenvalue weighted by Gasteiger charge is 2.74. The van der Waals surface area contributed by atoms with Crippen LogP contribution < -0.4 is 4.90 Å². The van der Waals surface area contributed by atoms with E-state index in [2.05, 4.69) is 0 Å². The van der Waals surface area contributed by atoms with Crippen LogP contribution in [0.4, 0.5) is 18.9 Å². The number of halogens is 3. The van der Waals surface area contributed by atoms with Crippen molar-refractivity contribution in [2.24, 2.45) is 11.8 Å². The van der Waals surface area contributed by atoms with Crippen molar-refractivity contribution < 1.29 is 46.5 Å². The van der Waals surface area contributed by atoms with Crippen LogP contribution in [0.15, 0.2) is 29.8 Å². The number of carbonyl (C=O) groups excluding carboxylic acids is 3. The highest BCUT2D eigenvalue weighted by atomic mass is 19.4. The Morgan fingerprint density at radius 1 is 1.20 bits per heavy atom. The summed E-state index contributed by atoms with van der Waals surface area (Å²) in [6.07, 6.45) is -3.45. The van der Waals surface area contributed by atoms with Crippen LogP contribution in [0.1, 0.15) is 25.0 Å². The van der Waals surface area contributed by atoms with E-state index in [-0.39, 0.29) is 24.7 Å². The fourth-order valence-corrected chi connectivity index (χ4v) is 5.05. The number of anilines is 1. The van der Waals surface area contributed by atoms with Crippen LogP contribution in [0, 0.1) is 23.2 Å². The van der Waals surface area contributed by atoms with E-state index in [0.29, 0.717) is 17.6 Å². The van der Waals surface area contributed by atoms with E-state index in [0.717, 1.165) is 12.1 Å². The molecular formula is C23H21F3N2O7. The van der Waals surface area contributed by atoms with Gasteiger partial charge in [0.1, 0.15) is 5.60 Å². The molecule has 0 saturated carbocycles. The van der Waals surface area contributed by atoms with E-state index in [1.165, 1.54) is 33.1 Å². The van der Waals surface area contributed by atoms with Crippen molar-refractivity contribution in [3.63, 3.8) is 0 Å². The summed E-state index contributed by atoms with van der Waals surface area (Å²) in [7, 11) is 1.48. The molecule has 2 saturated heterocycles. The number of benzene rings is 1. The summed E-state index contributed by atoms with van der Waals surface area (Å²) in [5, 5.41) is 9.02. The average molecular weight is 494 g/mol. The van der Waals surface area contributed by atoms with Gasteiger partial charge in [-0.3, -0.25) is 9.59 Å². The maximum Gasteiger partial charge on any atom is 0.417 e. The molecule has 12 heteroatoms. The Morgan fingerprint density at radius 3 is 2.51 bits per heavy atom. The summed E-state index contributed by atoms with van der Waals surface area (Å²) >= 11 is 0. The summed E-state index contributed by atoms with van der Waals surface area (Å²) < 4.78 is 61.4. The summed E-state index contributed by atoms with van der Waals surface area (Å²) in [5.41, 5.74) is -5.08. The number of hydrogen-bond acceptors (Lipinski definition) is 8. The van der Waals surface area contributed by atoms with Gasteiger partial charge in [-0.1, -0.05) is 0 Å². The topological polar surface area (TPSA) is 115 Å². The number of fused-ring (bicyclic) bond motifs is 5. The van der Waals surface area contributed by atoms with Crippen LogP contribution in [0.2, 0.25) is 0 Å². The molecule has 0 aliphatic carbocycles. The van der Waals surface area contributed by atoms with Gasteiger partial charge in [0.15, 0.2) is 6.79 Å². The fourth-order valence-electron chi connectivity index (χ4n) is 5.05. The van der Waals surface area contributed by atoms with Crippen molar-refractivity contribution in [2.75, 3.05) is 32.0 Å². The SMILES string of the molecule is COCCOCOC(=O)C1=C[C@]2(C)O[C@@]1(C)[C@H]1C(=O)N(c3ccc(C#N)c(C(F)(F)F)c3)C(=O)C12. The predicted octanol–water partition coefficient (Wildman–Crippen LogP) is 2.33. The second kappa shape index (κ2) is 8.44. The van der Waals surface area contributed by atoms with Crippen molar-refractivity contribution in [3.8, 4) is 6.07 Å². The lowest BCUT2D eigenvalue weighted by Gasteiger charge is -2.28. The van der Waals surface area contributed by atoms with E-state index in [1.54, 1.807) is 0 Å². The Balaban J connectivity index is 1.63. The van der Waals surface area contributed by atoms with Crippen molar-refractivity contribution >= 4 is 23.5 Å². The van der Waals surface area contributed by atoms with Gasteiger partial charge in [-0.15, -0.1) is 0 Å². The molecule has 4 rings (SSSR count). The van der Waals surface area contributed by atoms with Gasteiger partial charge < -0.3 is 18.9 Å². The number of esters is 1. The minimum Gasteiger partial charge on any atom is -0.435 e. The molecule has 0 aromatic heterocycles. The molecule has 1 unspecified atom stereocenters. The Kier molecular flexibility index (Phi) is 5.99. The number of carbonyl (C=O) groups is 3. The van der Waals surface area contributed by atoms with Gasteiger partial charge in [0, 0.05) is 7.11 Å². The molecule has 2 amide bonds. The molecule has 1 aromatic rings. The maximum atomic E-state index is 13.5. The van der Waals surface area contributed by atoms with Gasteiger partial charge in [0.25, 0.3) is 0 Å². The monoisotopic (exact) mass is 494 g/mol. The number of alkyl halides is 3. The Bertz CT molecular complexity index is 1170. The summed E-state index contributed by atoms with van der Waals surface area (Å²) in [4.78, 5) is 40.1. The van der Waals surface area contributed by atoms with Gasteiger partial charge in [-0.05, 0) is 38.1 Å². The number of rotatable bonds is 7. The molecular weight excluding hydrogens is 473 g/mol. The largest absolute Gasteiger partial charge is 0.435 e. The van der Waals surface area contributed by atoms with Crippen LogP contribution >= 0.6 is 0 Å². The van der Waals surface area contributed by atoms with Gasteiger partial charge >= 0.3 is 12.1 Å². The third kappa shape index (κ3) is 3.80. The molecule has 4 atom stereocenters. The summed E-state index contributed by atoms with van der Waals surface area (Å²) in [5.74, 6) is -4.58. The van der Waals surface area contributed by atoms with E-state index in [4.69, 9.17) is 24.2 Å². The molecule has 3 aliphatic heterocycles. The number of nitriles is 1. The van der Waals surface area contributed by atoms with Gasteiger partial charge in [0.05, 0.1) is 59.1 Å². The highest BCUT2D eigenvalue weighted by Crippen LogP contribution is 2.60. The molecule has 3 aliphatic rings. The quantitative estimate of drug-likeness (QED) is 0.246. The highest BCUT2D eigenvalue weighted by molar-refractivity contribution is 6.24. The standard InChI is InChI=1S/C23H21F3N2O7/c1-21-9-15(20(31)34-11-33-7-6-32-3)22(2,35-21)17-16(21)18(29)28(19(17)30)13-5-4-12(10-27)14(8-13)23(24,25)26/h4-5,8-9,16-17H,6-7,11H2,1-3H3/t16?,17-,21+,22-/m1/s1. The molecule has 2 bridgehead atoms. The first-order valence-corrected chi connectivity index (χ1v) is 10.6. The molecule has 35 heavy (non-hydrogen) atoms. The Morgan fingerprint density at radius 2 is 1.89 bits per heavy atom. The first kappa shape index (κ1) is 24.8. The van der Waals surface area contributed by atoms with Crippen molar-refractivity contribution in [1.29, 1.82) is 5.26 Å². The van der Waals surface area contributed by atoms with Crippen molar-refractivity contribution in [3.05, 3.63) is 41.0 Å². The van der Waals surface area contributed by atoms with Crippen molar-refractivity contribution in [2.45, 2.75) is 31.2 Å². The molecule has 9 nitrogen and oxygen atoms in total. The summed E-state index contributed by atoms with van der Waals surface area (Å²) in [6.45, 7) is 3.10.